The number of fused-ring (bicyclic) bond motifs is 4. The van der Waals surface area contributed by atoms with Gasteiger partial charge in [-0.15, -0.1) is 4.36 Å². The lowest BCUT2D eigenvalue weighted by atomic mass is 9.70. The van der Waals surface area contributed by atoms with Crippen LogP contribution in [-0.4, -0.2) is 75.2 Å². The van der Waals surface area contributed by atoms with Crippen LogP contribution in [0.3, 0.4) is 0 Å². The van der Waals surface area contributed by atoms with E-state index in [1.165, 1.54) is 17.5 Å². The van der Waals surface area contributed by atoms with E-state index in [2.05, 4.69) is 47.3 Å². The van der Waals surface area contributed by atoms with E-state index in [1.807, 2.05) is 24.3 Å². The largest absolute Gasteiger partial charge is 0.491 e. The molecule has 51 heavy (non-hydrogen) atoms. The summed E-state index contributed by atoms with van der Waals surface area (Å²) in [5, 5.41) is 5.63. The first kappa shape index (κ1) is 35.4. The van der Waals surface area contributed by atoms with Gasteiger partial charge in [-0.3, -0.25) is 14.2 Å². The van der Waals surface area contributed by atoms with Gasteiger partial charge in [-0.1, -0.05) is 29.8 Å². The second-order valence-electron chi connectivity index (χ2n) is 13.5. The number of anilines is 2. The van der Waals surface area contributed by atoms with E-state index < -0.39 is 15.8 Å². The molecule has 1 unspecified atom stereocenters. The first-order valence-electron chi connectivity index (χ1n) is 17.5. The Balaban J connectivity index is 1.35. The molecular formula is C37H44ClN7O5S. The van der Waals surface area contributed by atoms with E-state index in [0.717, 1.165) is 44.3 Å². The zero-order valence-electron chi connectivity index (χ0n) is 29.2. The van der Waals surface area contributed by atoms with Gasteiger partial charge < -0.3 is 19.1 Å². The number of aromatic nitrogens is 4. The van der Waals surface area contributed by atoms with Gasteiger partial charge in [0, 0.05) is 51.1 Å². The van der Waals surface area contributed by atoms with Gasteiger partial charge in [0.2, 0.25) is 0 Å². The number of carbonyl (C=O) groups excluding carboxylic acids is 1. The lowest BCUT2D eigenvalue weighted by molar-refractivity contribution is 0.0126. The summed E-state index contributed by atoms with van der Waals surface area (Å²) in [5.41, 5.74) is 3.94. The Hall–Kier alpha value is -4.04. The molecule has 4 aromatic rings. The number of rotatable bonds is 4. The zero-order chi connectivity index (χ0) is 35.5. The van der Waals surface area contributed by atoms with Crippen molar-refractivity contribution in [3.63, 3.8) is 0 Å². The number of methoxy groups -OCH3 is 2. The van der Waals surface area contributed by atoms with E-state index in [-0.39, 0.29) is 29.7 Å². The summed E-state index contributed by atoms with van der Waals surface area (Å²) in [6.45, 7) is 1.87. The normalized spacial score (nSPS) is 26.4. The van der Waals surface area contributed by atoms with Gasteiger partial charge in [0.25, 0.3) is 5.91 Å². The number of hydrogen-bond acceptors (Lipinski definition) is 9. The van der Waals surface area contributed by atoms with Crippen molar-refractivity contribution in [3.05, 3.63) is 82.8 Å². The first-order valence-corrected chi connectivity index (χ1v) is 19.5. The summed E-state index contributed by atoms with van der Waals surface area (Å²) in [5.74, 6) is 1.01. The highest BCUT2D eigenvalue weighted by Crippen LogP contribution is 2.42. The molecule has 5 atom stereocenters. The average molecular weight is 734 g/mol. The number of amides is 1. The SMILES string of the molecule is CO[C@H]1/C=C/[C@H](OC)CCS(=O)(Nc2ncnc3nn(C)cc23)=NC(=O)c2ccc3c(c2)N(Cc2ccc(Cl)cc2CCCCO3)C[C@@H]2CC[C@H]21. The van der Waals surface area contributed by atoms with Crippen LogP contribution < -0.4 is 14.4 Å². The third-order valence-electron chi connectivity index (χ3n) is 10.2. The fourth-order valence-corrected chi connectivity index (χ4v) is 9.10. The van der Waals surface area contributed by atoms with Crippen LogP contribution in [0.15, 0.2) is 65.4 Å². The van der Waals surface area contributed by atoms with Gasteiger partial charge in [0.1, 0.15) is 22.0 Å². The van der Waals surface area contributed by atoms with Crippen molar-refractivity contribution in [2.45, 2.75) is 57.3 Å². The van der Waals surface area contributed by atoms with Gasteiger partial charge >= 0.3 is 0 Å². The van der Waals surface area contributed by atoms with Crippen LogP contribution >= 0.6 is 11.6 Å². The monoisotopic (exact) mass is 733 g/mol. The van der Waals surface area contributed by atoms with E-state index in [4.69, 9.17) is 25.8 Å². The van der Waals surface area contributed by atoms with Crippen LogP contribution in [0.4, 0.5) is 11.5 Å². The average Bonchev–Trinajstić information content (AvgIpc) is 3.49. The molecule has 0 radical (unpaired) electrons. The minimum absolute atomic E-state index is 0.0105. The first-order chi connectivity index (χ1) is 24.7. The van der Waals surface area contributed by atoms with Crippen molar-refractivity contribution in [2.75, 3.05) is 42.7 Å². The van der Waals surface area contributed by atoms with E-state index in [9.17, 15) is 9.00 Å². The minimum atomic E-state index is -3.43. The Bertz CT molecular complexity index is 2060. The Morgan fingerprint density at radius 1 is 1.02 bits per heavy atom. The quantitative estimate of drug-likeness (QED) is 0.237. The van der Waals surface area contributed by atoms with Crippen molar-refractivity contribution in [1.29, 1.82) is 0 Å². The number of carbonyl (C=O) groups is 1. The fourth-order valence-electron chi connectivity index (χ4n) is 7.28. The van der Waals surface area contributed by atoms with Crippen molar-refractivity contribution >= 4 is 50.0 Å². The molecule has 270 valence electrons. The molecule has 12 nitrogen and oxygen atoms in total. The topological polar surface area (TPSA) is 133 Å². The van der Waals surface area contributed by atoms with Gasteiger partial charge in [-0.25, -0.2) is 14.2 Å². The molecule has 3 aliphatic rings. The molecule has 4 heterocycles. The maximum atomic E-state index is 14.8. The highest BCUT2D eigenvalue weighted by molar-refractivity contribution is 7.95. The molecule has 14 heteroatoms. The van der Waals surface area contributed by atoms with Crippen LogP contribution in [0, 0.1) is 11.8 Å². The van der Waals surface area contributed by atoms with Crippen LogP contribution in [0.5, 0.6) is 5.75 Å². The van der Waals surface area contributed by atoms with E-state index >= 15 is 0 Å². The number of halogens is 1. The van der Waals surface area contributed by atoms with Crippen molar-refractivity contribution in [2.24, 2.45) is 23.2 Å². The molecule has 1 fully saturated rings. The molecule has 2 aromatic carbocycles. The number of nitrogens with one attached hydrogen (secondary N) is 1. The Kier molecular flexibility index (Phi) is 10.6. The zero-order valence-corrected chi connectivity index (χ0v) is 30.7. The van der Waals surface area contributed by atoms with Crippen molar-refractivity contribution < 1.29 is 23.2 Å². The highest BCUT2D eigenvalue weighted by atomic mass is 35.5. The third-order valence-corrected chi connectivity index (χ3v) is 12.2. The van der Waals surface area contributed by atoms with Gasteiger partial charge in [-0.05, 0) is 91.8 Å². The minimum Gasteiger partial charge on any atom is -0.491 e. The smallest absolute Gasteiger partial charge is 0.286 e. The summed E-state index contributed by atoms with van der Waals surface area (Å²) < 4.78 is 42.1. The Morgan fingerprint density at radius 2 is 1.90 bits per heavy atom. The molecule has 2 aromatic heterocycles. The lowest BCUT2D eigenvalue weighted by Crippen LogP contribution is -2.43. The summed E-state index contributed by atoms with van der Waals surface area (Å²) in [4.78, 5) is 25.0. The Morgan fingerprint density at radius 3 is 2.71 bits per heavy atom. The lowest BCUT2D eigenvalue weighted by Gasteiger charge is -2.43. The number of ether oxygens (including phenoxy) is 3. The predicted octanol–water partition coefficient (Wildman–Crippen LogP) is 6.39. The summed E-state index contributed by atoms with van der Waals surface area (Å²) >= 11 is 6.48. The van der Waals surface area contributed by atoms with Gasteiger partial charge in [0.15, 0.2) is 11.5 Å². The molecule has 1 amide bonds. The van der Waals surface area contributed by atoms with Crippen molar-refractivity contribution in [3.8, 4) is 5.75 Å². The van der Waals surface area contributed by atoms with Gasteiger partial charge in [-0.2, -0.15) is 5.10 Å². The summed E-state index contributed by atoms with van der Waals surface area (Å²) in [6.07, 6.45) is 11.8. The number of nitrogens with zero attached hydrogens (tertiary/aromatic N) is 6. The third kappa shape index (κ3) is 7.91. The van der Waals surface area contributed by atoms with Crippen LogP contribution in [0.1, 0.15) is 53.6 Å². The molecule has 0 saturated heterocycles. The molecule has 1 saturated carbocycles. The highest BCUT2D eigenvalue weighted by Gasteiger charge is 2.38. The standard InChI is InChI=1S/C37H44ClN7O5S/c1-44-22-31-35(41-44)39-23-40-36(31)42-51(47)17-15-29(48-2)11-14-33(49-3)30-12-8-27(30)21-45-20-26-7-10-28(38)18-24(26)6-4-5-16-50-34-13-9-25(19-32(34)45)37(46)43-51/h7,9-11,13-14,18-19,22-23,27,29-30,33H,4-6,8,12,15-17,20-21H2,1-3H3,(H,39,40,41,42,43,46,47)/b14-11+/t27-,29-,30+,33-,51?/m0/s1. The maximum Gasteiger partial charge on any atom is 0.286 e. The summed E-state index contributed by atoms with van der Waals surface area (Å²) in [6, 6.07) is 11.5. The fraction of sp³-hybridized carbons (Fsp3) is 0.459. The predicted molar refractivity (Wildman–Crippen MR) is 199 cm³/mol. The molecule has 0 spiro atoms. The molecule has 2 aliphatic heterocycles. The number of hydrogen-bond donors (Lipinski definition) is 1. The molecule has 1 N–H and O–H groups in total. The number of benzene rings is 2. The molecule has 2 bridgehead atoms. The van der Waals surface area contributed by atoms with Crippen LogP contribution in [0.2, 0.25) is 5.02 Å². The molecule has 1 aliphatic carbocycles. The number of aryl methyl sites for hydroxylation is 2. The molecular weight excluding hydrogens is 690 g/mol. The van der Waals surface area contributed by atoms with Crippen LogP contribution in [-0.2, 0) is 39.4 Å². The Labute approximate surface area is 303 Å². The van der Waals surface area contributed by atoms with Crippen molar-refractivity contribution in [1.82, 2.24) is 19.7 Å². The van der Waals surface area contributed by atoms with E-state index in [0.29, 0.717) is 52.9 Å². The van der Waals surface area contributed by atoms with Gasteiger partial charge in [0.05, 0.1) is 35.6 Å². The van der Waals surface area contributed by atoms with Crippen LogP contribution in [0.25, 0.3) is 11.0 Å². The second-order valence-corrected chi connectivity index (χ2v) is 16.0. The maximum absolute atomic E-state index is 14.8. The second kappa shape index (κ2) is 15.3. The molecule has 7 rings (SSSR count). The summed E-state index contributed by atoms with van der Waals surface area (Å²) in [7, 11) is 1.70. The van der Waals surface area contributed by atoms with E-state index in [1.54, 1.807) is 38.2 Å².